The molecule has 0 aliphatic carbocycles. The summed E-state index contributed by atoms with van der Waals surface area (Å²) in [5.41, 5.74) is 4.35. The van der Waals surface area contributed by atoms with Crippen molar-refractivity contribution >= 4 is 0 Å². The van der Waals surface area contributed by atoms with Gasteiger partial charge in [-0.15, -0.1) is 0 Å². The zero-order valence-corrected chi connectivity index (χ0v) is 16.1. The van der Waals surface area contributed by atoms with E-state index in [4.69, 9.17) is 0 Å². The molecule has 0 spiro atoms. The molecule has 0 radical (unpaired) electrons. The van der Waals surface area contributed by atoms with E-state index in [0.717, 1.165) is 55.4 Å². The standard InChI is InChI=1S/C21H25N5O/c1-15-6-9-22-20(13-15)26-10-4-5-17(26)14-25-11-7-18-19(8-12-25)23-16(2)24(3)21(18)27/h4-6,9-10,13H,7-8,11-12,14H2,1-3H3. The molecule has 0 unspecified atom stereocenters. The van der Waals surface area contributed by atoms with Crippen LogP contribution in [-0.2, 0) is 26.4 Å². The first-order chi connectivity index (χ1) is 13.0. The van der Waals surface area contributed by atoms with Crippen LogP contribution in [0.15, 0.2) is 41.5 Å². The van der Waals surface area contributed by atoms with Crippen molar-refractivity contribution in [3.8, 4) is 5.82 Å². The first kappa shape index (κ1) is 17.7. The third kappa shape index (κ3) is 3.45. The summed E-state index contributed by atoms with van der Waals surface area (Å²) in [5.74, 6) is 1.73. The molecule has 140 valence electrons. The number of aryl methyl sites for hydroxylation is 2. The number of rotatable bonds is 3. The Morgan fingerprint density at radius 2 is 1.96 bits per heavy atom. The van der Waals surface area contributed by atoms with Gasteiger partial charge in [0, 0.05) is 56.8 Å². The Balaban J connectivity index is 1.55. The van der Waals surface area contributed by atoms with Crippen LogP contribution in [0.5, 0.6) is 0 Å². The van der Waals surface area contributed by atoms with Crippen molar-refractivity contribution < 1.29 is 0 Å². The normalized spacial score (nSPS) is 14.8. The highest BCUT2D eigenvalue weighted by Gasteiger charge is 2.20. The van der Waals surface area contributed by atoms with Crippen LogP contribution in [0.2, 0.25) is 0 Å². The molecule has 0 fully saturated rings. The molecule has 0 bridgehead atoms. The predicted molar refractivity (Wildman–Crippen MR) is 105 cm³/mol. The van der Waals surface area contributed by atoms with Gasteiger partial charge in [0.1, 0.15) is 11.6 Å². The topological polar surface area (TPSA) is 56.0 Å². The Hall–Kier alpha value is -2.73. The number of hydrogen-bond donors (Lipinski definition) is 0. The summed E-state index contributed by atoms with van der Waals surface area (Å²) in [6.07, 6.45) is 5.47. The quantitative estimate of drug-likeness (QED) is 0.716. The lowest BCUT2D eigenvalue weighted by Gasteiger charge is -2.20. The second kappa shape index (κ2) is 7.12. The van der Waals surface area contributed by atoms with Crippen molar-refractivity contribution in [2.24, 2.45) is 7.05 Å². The van der Waals surface area contributed by atoms with Crippen LogP contribution in [0.25, 0.3) is 5.82 Å². The average molecular weight is 363 g/mol. The molecule has 0 aromatic carbocycles. The predicted octanol–water partition coefficient (Wildman–Crippen LogP) is 2.18. The zero-order chi connectivity index (χ0) is 19.0. The maximum Gasteiger partial charge on any atom is 0.256 e. The van der Waals surface area contributed by atoms with E-state index >= 15 is 0 Å². The smallest absolute Gasteiger partial charge is 0.256 e. The summed E-state index contributed by atoms with van der Waals surface area (Å²) in [7, 11) is 1.80. The molecule has 0 atom stereocenters. The van der Waals surface area contributed by atoms with E-state index in [1.54, 1.807) is 11.6 Å². The summed E-state index contributed by atoms with van der Waals surface area (Å²) in [6, 6.07) is 8.31. The lowest BCUT2D eigenvalue weighted by molar-refractivity contribution is 0.274. The molecule has 6 heteroatoms. The highest BCUT2D eigenvalue weighted by molar-refractivity contribution is 5.31. The fraction of sp³-hybridized carbons (Fsp3) is 0.381. The molecule has 0 saturated heterocycles. The highest BCUT2D eigenvalue weighted by Crippen LogP contribution is 2.17. The van der Waals surface area contributed by atoms with Crippen LogP contribution in [0, 0.1) is 13.8 Å². The van der Waals surface area contributed by atoms with Gasteiger partial charge in [-0.2, -0.15) is 0 Å². The zero-order valence-electron chi connectivity index (χ0n) is 16.1. The molecule has 3 aromatic rings. The molecule has 4 heterocycles. The van der Waals surface area contributed by atoms with Crippen molar-refractivity contribution in [2.45, 2.75) is 33.2 Å². The molecule has 0 amide bonds. The van der Waals surface area contributed by atoms with E-state index in [-0.39, 0.29) is 5.56 Å². The number of hydrogen-bond acceptors (Lipinski definition) is 4. The molecule has 1 aliphatic rings. The third-order valence-electron chi connectivity index (χ3n) is 5.40. The Bertz CT molecular complexity index is 1030. The maximum absolute atomic E-state index is 12.6. The lowest BCUT2D eigenvalue weighted by atomic mass is 10.1. The third-order valence-corrected chi connectivity index (χ3v) is 5.40. The highest BCUT2D eigenvalue weighted by atomic mass is 16.1. The number of aromatic nitrogens is 4. The number of pyridine rings is 1. The average Bonchev–Trinajstić information content (AvgIpc) is 3.02. The van der Waals surface area contributed by atoms with Gasteiger partial charge < -0.3 is 4.57 Å². The van der Waals surface area contributed by atoms with Gasteiger partial charge in [-0.05, 0) is 50.1 Å². The molecule has 0 saturated carbocycles. The molecule has 3 aromatic heterocycles. The second-order valence-electron chi connectivity index (χ2n) is 7.29. The summed E-state index contributed by atoms with van der Waals surface area (Å²) in [4.78, 5) is 24.1. The van der Waals surface area contributed by atoms with Crippen LogP contribution < -0.4 is 5.56 Å². The SMILES string of the molecule is Cc1ccnc(-n2cccc2CN2CCc3nc(C)n(C)c(=O)c3CC2)c1. The molecule has 0 N–H and O–H groups in total. The van der Waals surface area contributed by atoms with E-state index in [1.807, 2.05) is 19.2 Å². The second-order valence-corrected chi connectivity index (χ2v) is 7.29. The fourth-order valence-electron chi connectivity index (χ4n) is 3.72. The minimum atomic E-state index is 0.103. The van der Waals surface area contributed by atoms with Gasteiger partial charge >= 0.3 is 0 Å². The molecular formula is C21H25N5O. The van der Waals surface area contributed by atoms with E-state index in [0.29, 0.717) is 0 Å². The fourth-order valence-corrected chi connectivity index (χ4v) is 3.72. The Morgan fingerprint density at radius 1 is 1.15 bits per heavy atom. The van der Waals surface area contributed by atoms with Gasteiger partial charge in [0.25, 0.3) is 5.56 Å². The first-order valence-electron chi connectivity index (χ1n) is 9.40. The van der Waals surface area contributed by atoms with Crippen LogP contribution in [0.4, 0.5) is 0 Å². The molecular weight excluding hydrogens is 338 g/mol. The molecule has 4 rings (SSSR count). The van der Waals surface area contributed by atoms with Gasteiger partial charge in [-0.1, -0.05) is 0 Å². The Labute approximate surface area is 159 Å². The van der Waals surface area contributed by atoms with Crippen LogP contribution in [0.3, 0.4) is 0 Å². The van der Waals surface area contributed by atoms with Crippen molar-refractivity contribution in [3.05, 3.63) is 75.4 Å². The summed E-state index contributed by atoms with van der Waals surface area (Å²) < 4.78 is 3.80. The lowest BCUT2D eigenvalue weighted by Crippen LogP contribution is -2.28. The monoisotopic (exact) mass is 363 g/mol. The van der Waals surface area contributed by atoms with Crippen molar-refractivity contribution in [3.63, 3.8) is 0 Å². The van der Waals surface area contributed by atoms with E-state index in [1.165, 1.54) is 11.3 Å². The van der Waals surface area contributed by atoms with E-state index in [2.05, 4.69) is 50.8 Å². The first-order valence-corrected chi connectivity index (χ1v) is 9.40. The van der Waals surface area contributed by atoms with Crippen LogP contribution in [-0.4, -0.2) is 37.1 Å². The molecule has 27 heavy (non-hydrogen) atoms. The Morgan fingerprint density at radius 3 is 2.78 bits per heavy atom. The van der Waals surface area contributed by atoms with E-state index < -0.39 is 0 Å². The van der Waals surface area contributed by atoms with Gasteiger partial charge in [-0.3, -0.25) is 14.3 Å². The molecule has 6 nitrogen and oxygen atoms in total. The minimum absolute atomic E-state index is 0.103. The van der Waals surface area contributed by atoms with Crippen LogP contribution >= 0.6 is 0 Å². The van der Waals surface area contributed by atoms with Crippen molar-refractivity contribution in [1.82, 2.24) is 24.0 Å². The summed E-state index contributed by atoms with van der Waals surface area (Å²) in [5, 5.41) is 0. The van der Waals surface area contributed by atoms with Gasteiger partial charge in [-0.25, -0.2) is 9.97 Å². The number of nitrogens with zero attached hydrogens (tertiary/aromatic N) is 5. The van der Waals surface area contributed by atoms with Crippen molar-refractivity contribution in [1.29, 1.82) is 0 Å². The number of fused-ring (bicyclic) bond motifs is 1. The minimum Gasteiger partial charge on any atom is -0.304 e. The maximum atomic E-state index is 12.6. The van der Waals surface area contributed by atoms with Gasteiger partial charge in [0.15, 0.2) is 0 Å². The van der Waals surface area contributed by atoms with E-state index in [9.17, 15) is 4.79 Å². The Kier molecular flexibility index (Phi) is 4.66. The summed E-state index contributed by atoms with van der Waals surface area (Å²) in [6.45, 7) is 6.57. The van der Waals surface area contributed by atoms with Gasteiger partial charge in [0.05, 0.1) is 5.69 Å². The largest absolute Gasteiger partial charge is 0.304 e. The van der Waals surface area contributed by atoms with Gasteiger partial charge in [0.2, 0.25) is 0 Å². The van der Waals surface area contributed by atoms with Crippen LogP contribution in [0.1, 0.15) is 28.3 Å². The summed E-state index contributed by atoms with van der Waals surface area (Å²) >= 11 is 0. The molecule has 1 aliphatic heterocycles. The van der Waals surface area contributed by atoms with Crippen molar-refractivity contribution in [2.75, 3.05) is 13.1 Å².